The first-order valence-electron chi connectivity index (χ1n) is 9.20. The highest BCUT2D eigenvalue weighted by Gasteiger charge is 2.14. The van der Waals surface area contributed by atoms with E-state index in [1.165, 1.54) is 24.7 Å². The van der Waals surface area contributed by atoms with Crippen molar-refractivity contribution in [2.45, 2.75) is 13.3 Å². The highest BCUT2D eigenvalue weighted by atomic mass is 32.1. The highest BCUT2D eigenvalue weighted by molar-refractivity contribution is 7.14. The average molecular weight is 443 g/mol. The number of rotatable bonds is 8. The molecule has 0 aliphatic heterocycles. The molecule has 10 nitrogen and oxygen atoms in total. The van der Waals surface area contributed by atoms with E-state index in [1.807, 2.05) is 12.1 Å². The van der Waals surface area contributed by atoms with Gasteiger partial charge in [0.25, 0.3) is 11.8 Å². The maximum absolute atomic E-state index is 12.2. The number of amides is 3. The number of benzene rings is 1. The molecule has 2 heterocycles. The van der Waals surface area contributed by atoms with E-state index in [0.717, 1.165) is 0 Å². The van der Waals surface area contributed by atoms with Gasteiger partial charge in [-0.3, -0.25) is 30.6 Å². The fraction of sp³-hybridized carbons (Fsp3) is 0.200. The predicted octanol–water partition coefficient (Wildman–Crippen LogP) is 2.11. The molecule has 0 aliphatic carbocycles. The number of aromatic nitrogens is 1. The van der Waals surface area contributed by atoms with Crippen LogP contribution in [-0.2, 0) is 16.0 Å². The number of anilines is 2. The summed E-state index contributed by atoms with van der Waals surface area (Å²) in [5.74, 6) is -0.106. The van der Waals surface area contributed by atoms with Crippen molar-refractivity contribution in [1.82, 2.24) is 15.8 Å². The van der Waals surface area contributed by atoms with Crippen molar-refractivity contribution >= 4 is 39.9 Å². The summed E-state index contributed by atoms with van der Waals surface area (Å²) in [6.45, 7) is 1.63. The summed E-state index contributed by atoms with van der Waals surface area (Å²) in [6, 6.07) is 8.74. The fourth-order valence-corrected chi connectivity index (χ4v) is 3.29. The summed E-state index contributed by atoms with van der Waals surface area (Å²) in [7, 11) is 1.54. The Morgan fingerprint density at radius 2 is 1.90 bits per heavy atom. The van der Waals surface area contributed by atoms with Crippen molar-refractivity contribution in [1.29, 1.82) is 0 Å². The third-order valence-electron chi connectivity index (χ3n) is 4.11. The normalized spacial score (nSPS) is 10.3. The summed E-state index contributed by atoms with van der Waals surface area (Å²) in [6.07, 6.45) is 1.37. The topological polar surface area (TPSA) is 135 Å². The lowest BCUT2D eigenvalue weighted by Gasteiger charge is -2.11. The molecule has 3 rings (SSSR count). The number of hydrazine groups is 1. The highest BCUT2D eigenvalue weighted by Crippen LogP contribution is 2.22. The Kier molecular flexibility index (Phi) is 7.22. The molecule has 0 atom stereocenters. The molecule has 162 valence electrons. The third kappa shape index (κ3) is 6.06. The zero-order chi connectivity index (χ0) is 22.2. The maximum Gasteiger partial charge on any atom is 0.260 e. The number of thiazole rings is 1. The summed E-state index contributed by atoms with van der Waals surface area (Å²) < 4.78 is 10.3. The first-order chi connectivity index (χ1) is 15.0. The second-order valence-electron chi connectivity index (χ2n) is 6.32. The Bertz CT molecular complexity index is 1080. The van der Waals surface area contributed by atoms with Crippen LogP contribution >= 0.6 is 11.3 Å². The van der Waals surface area contributed by atoms with Crippen LogP contribution in [0.4, 0.5) is 10.8 Å². The Morgan fingerprint density at radius 1 is 1.13 bits per heavy atom. The van der Waals surface area contributed by atoms with Crippen LogP contribution in [0.5, 0.6) is 5.75 Å². The maximum atomic E-state index is 12.2. The van der Waals surface area contributed by atoms with Gasteiger partial charge < -0.3 is 14.5 Å². The monoisotopic (exact) mass is 443 g/mol. The summed E-state index contributed by atoms with van der Waals surface area (Å²) >= 11 is 1.19. The molecule has 1 aromatic carbocycles. The molecule has 0 bridgehead atoms. The second kappa shape index (κ2) is 10.3. The molecule has 0 fully saturated rings. The first kappa shape index (κ1) is 21.8. The van der Waals surface area contributed by atoms with Gasteiger partial charge in [0, 0.05) is 5.38 Å². The van der Waals surface area contributed by atoms with Crippen molar-refractivity contribution < 1.29 is 23.5 Å². The number of furan rings is 1. The largest absolute Gasteiger partial charge is 0.495 e. The van der Waals surface area contributed by atoms with Gasteiger partial charge in [-0.05, 0) is 25.1 Å². The molecule has 3 aromatic rings. The number of carbonyl (C=O) groups is 3. The zero-order valence-electron chi connectivity index (χ0n) is 16.9. The molecule has 4 N–H and O–H groups in total. The number of carbonyl (C=O) groups excluding carboxylic acids is 3. The molecule has 0 saturated heterocycles. The molecule has 2 aromatic heterocycles. The minimum Gasteiger partial charge on any atom is -0.495 e. The first-order valence-corrected chi connectivity index (χ1v) is 10.1. The van der Waals surface area contributed by atoms with E-state index in [4.69, 9.17) is 9.15 Å². The number of para-hydroxylation sites is 2. The lowest BCUT2D eigenvalue weighted by molar-refractivity contribution is -0.127. The van der Waals surface area contributed by atoms with Gasteiger partial charge in [-0.2, -0.15) is 0 Å². The van der Waals surface area contributed by atoms with Crippen molar-refractivity contribution in [3.63, 3.8) is 0 Å². The molecule has 0 aliphatic rings. The van der Waals surface area contributed by atoms with Gasteiger partial charge in [0.2, 0.25) is 5.91 Å². The van der Waals surface area contributed by atoms with Crippen LogP contribution in [0.3, 0.4) is 0 Å². The van der Waals surface area contributed by atoms with E-state index < -0.39 is 11.8 Å². The molecule has 0 spiro atoms. The molecule has 0 unspecified atom stereocenters. The molecule has 31 heavy (non-hydrogen) atoms. The number of hydrogen-bond acceptors (Lipinski definition) is 8. The Hall–Kier alpha value is -3.86. The van der Waals surface area contributed by atoms with Crippen molar-refractivity contribution in [3.8, 4) is 5.75 Å². The van der Waals surface area contributed by atoms with Crippen molar-refractivity contribution in [2.75, 3.05) is 24.3 Å². The van der Waals surface area contributed by atoms with Crippen molar-refractivity contribution in [2.24, 2.45) is 0 Å². The molecule has 0 saturated carbocycles. The Labute approximate surface area is 182 Å². The van der Waals surface area contributed by atoms with Crippen molar-refractivity contribution in [3.05, 3.63) is 59.0 Å². The lowest BCUT2D eigenvalue weighted by atomic mass is 10.2. The summed E-state index contributed by atoms with van der Waals surface area (Å²) in [5, 5.41) is 7.60. The molecule has 0 radical (unpaired) electrons. The smallest absolute Gasteiger partial charge is 0.260 e. The number of nitrogens with one attached hydrogen (secondary N) is 4. The molecule has 3 amide bonds. The number of ether oxygens (including phenoxy) is 1. The Balaban J connectivity index is 1.42. The van der Waals surface area contributed by atoms with Gasteiger partial charge in [-0.25, -0.2) is 4.98 Å². The van der Waals surface area contributed by atoms with Crippen LogP contribution in [0, 0.1) is 6.92 Å². The zero-order valence-corrected chi connectivity index (χ0v) is 17.7. The van der Waals surface area contributed by atoms with Crippen LogP contribution in [-0.4, -0.2) is 36.4 Å². The van der Waals surface area contributed by atoms with Gasteiger partial charge in [0.05, 0.1) is 43.3 Å². The van der Waals surface area contributed by atoms with Crippen LogP contribution in [0.1, 0.15) is 21.8 Å². The van der Waals surface area contributed by atoms with Gasteiger partial charge in [0.15, 0.2) is 5.13 Å². The average Bonchev–Trinajstić information content (AvgIpc) is 3.39. The van der Waals surface area contributed by atoms with Gasteiger partial charge in [-0.1, -0.05) is 12.1 Å². The van der Waals surface area contributed by atoms with E-state index in [0.29, 0.717) is 33.6 Å². The number of methoxy groups -OCH3 is 1. The van der Waals surface area contributed by atoms with Crippen LogP contribution in [0.25, 0.3) is 0 Å². The van der Waals surface area contributed by atoms with Crippen LogP contribution in [0.15, 0.2) is 46.4 Å². The fourth-order valence-electron chi connectivity index (χ4n) is 2.59. The van der Waals surface area contributed by atoms with Crippen LogP contribution < -0.4 is 26.2 Å². The van der Waals surface area contributed by atoms with E-state index in [-0.39, 0.29) is 18.9 Å². The molecule has 11 heteroatoms. The third-order valence-corrected chi connectivity index (χ3v) is 4.91. The predicted molar refractivity (Wildman–Crippen MR) is 115 cm³/mol. The molecular formula is C20H21N5O5S. The van der Waals surface area contributed by atoms with Gasteiger partial charge >= 0.3 is 0 Å². The Morgan fingerprint density at radius 3 is 2.65 bits per heavy atom. The standard InChI is InChI=1S/C20H21N5O5S/c1-12-14(7-8-30-12)19(28)23-20-22-13(11-31-20)9-17(26)24-25-18(27)10-21-15-5-3-4-6-16(15)29-2/h3-8,11,21H,9-10H2,1-2H3,(H,24,26)(H,25,27)(H,22,23,28). The minimum atomic E-state index is -0.445. The summed E-state index contributed by atoms with van der Waals surface area (Å²) in [5.41, 5.74) is 6.20. The van der Waals surface area contributed by atoms with Gasteiger partial charge in [-0.15, -0.1) is 11.3 Å². The van der Waals surface area contributed by atoms with E-state index in [2.05, 4.69) is 26.5 Å². The number of nitrogens with zero attached hydrogens (tertiary/aromatic N) is 1. The summed E-state index contributed by atoms with van der Waals surface area (Å²) in [4.78, 5) is 40.4. The van der Waals surface area contributed by atoms with Gasteiger partial charge in [0.1, 0.15) is 11.5 Å². The lowest BCUT2D eigenvalue weighted by Crippen LogP contribution is -2.44. The number of aryl methyl sites for hydroxylation is 1. The van der Waals surface area contributed by atoms with E-state index in [1.54, 1.807) is 30.5 Å². The van der Waals surface area contributed by atoms with E-state index in [9.17, 15) is 14.4 Å². The van der Waals surface area contributed by atoms with Crippen LogP contribution in [0.2, 0.25) is 0 Å². The number of hydrogen-bond donors (Lipinski definition) is 4. The molecular weight excluding hydrogens is 422 g/mol. The van der Waals surface area contributed by atoms with E-state index >= 15 is 0 Å². The minimum absolute atomic E-state index is 0.0546. The second-order valence-corrected chi connectivity index (χ2v) is 7.17. The SMILES string of the molecule is COc1ccccc1NCC(=O)NNC(=O)Cc1csc(NC(=O)c2ccoc2C)n1. The quantitative estimate of drug-likeness (QED) is 0.392.